The average Bonchev–Trinajstić information content (AvgIpc) is 3.10. The molecule has 9 nitrogen and oxygen atoms in total. The molecule has 2 amide bonds. The van der Waals surface area contributed by atoms with Crippen molar-refractivity contribution in [2.45, 2.75) is 26.8 Å². The third-order valence-corrected chi connectivity index (χ3v) is 4.00. The van der Waals surface area contributed by atoms with Crippen molar-refractivity contribution in [2.75, 3.05) is 40.0 Å². The standard InChI is InChI=1S/C16H25N3O6S/c1-4-24-8-6-7-19(16(22)17-9-14(20)25-5-2)10-13-18-12(11-26-13)15(21)23-3/h11H,4-10H2,1-3H3,(H,17,22). The summed E-state index contributed by atoms with van der Waals surface area (Å²) in [4.78, 5) is 40.9. The van der Waals surface area contributed by atoms with Gasteiger partial charge >= 0.3 is 18.0 Å². The van der Waals surface area contributed by atoms with Gasteiger partial charge in [-0.05, 0) is 20.3 Å². The summed E-state index contributed by atoms with van der Waals surface area (Å²) >= 11 is 1.26. The predicted octanol–water partition coefficient (Wildman–Crippen LogP) is 1.43. The quantitative estimate of drug-likeness (QED) is 0.452. The summed E-state index contributed by atoms with van der Waals surface area (Å²) in [5.74, 6) is -1.03. The molecule has 1 aromatic rings. The largest absolute Gasteiger partial charge is 0.465 e. The zero-order chi connectivity index (χ0) is 19.4. The summed E-state index contributed by atoms with van der Waals surface area (Å²) in [6.07, 6.45) is 0.635. The molecule has 0 spiro atoms. The van der Waals surface area contributed by atoms with E-state index in [4.69, 9.17) is 9.47 Å². The van der Waals surface area contributed by atoms with E-state index in [1.165, 1.54) is 23.3 Å². The molecule has 0 aliphatic heterocycles. The summed E-state index contributed by atoms with van der Waals surface area (Å²) in [5, 5.41) is 4.70. The Morgan fingerprint density at radius 2 is 2.04 bits per heavy atom. The van der Waals surface area contributed by atoms with Gasteiger partial charge < -0.3 is 24.4 Å². The topological polar surface area (TPSA) is 107 Å². The van der Waals surface area contributed by atoms with E-state index in [0.717, 1.165) is 0 Å². The first-order chi connectivity index (χ1) is 12.5. The van der Waals surface area contributed by atoms with E-state index in [1.54, 1.807) is 12.3 Å². The number of urea groups is 1. The number of aromatic nitrogens is 1. The predicted molar refractivity (Wildman–Crippen MR) is 95.0 cm³/mol. The van der Waals surface area contributed by atoms with Crippen molar-refractivity contribution in [1.82, 2.24) is 15.2 Å². The van der Waals surface area contributed by atoms with E-state index < -0.39 is 18.0 Å². The van der Waals surface area contributed by atoms with Crippen LogP contribution in [0.4, 0.5) is 4.79 Å². The molecule has 0 aromatic carbocycles. The van der Waals surface area contributed by atoms with Crippen LogP contribution in [0.1, 0.15) is 35.8 Å². The Kier molecular flexibility index (Phi) is 10.3. The van der Waals surface area contributed by atoms with Crippen molar-refractivity contribution in [1.29, 1.82) is 0 Å². The zero-order valence-corrected chi connectivity index (χ0v) is 16.1. The fraction of sp³-hybridized carbons (Fsp3) is 0.625. The van der Waals surface area contributed by atoms with Crippen LogP contribution < -0.4 is 5.32 Å². The zero-order valence-electron chi connectivity index (χ0n) is 15.3. The van der Waals surface area contributed by atoms with Crippen LogP contribution in [0.25, 0.3) is 0 Å². The van der Waals surface area contributed by atoms with E-state index in [1.807, 2.05) is 6.92 Å². The molecule has 0 atom stereocenters. The van der Waals surface area contributed by atoms with E-state index in [9.17, 15) is 14.4 Å². The Labute approximate surface area is 156 Å². The highest BCUT2D eigenvalue weighted by Gasteiger charge is 2.18. The molecule has 0 unspecified atom stereocenters. The summed E-state index contributed by atoms with van der Waals surface area (Å²) in [7, 11) is 1.28. The first-order valence-electron chi connectivity index (χ1n) is 8.30. The summed E-state index contributed by atoms with van der Waals surface area (Å²) in [5.41, 5.74) is 0.202. The molecule has 0 radical (unpaired) electrons. The highest BCUT2D eigenvalue weighted by Crippen LogP contribution is 2.13. The van der Waals surface area contributed by atoms with Crippen molar-refractivity contribution in [2.24, 2.45) is 0 Å². The van der Waals surface area contributed by atoms with Crippen LogP contribution in [0.15, 0.2) is 5.38 Å². The molecular weight excluding hydrogens is 362 g/mol. The van der Waals surface area contributed by atoms with Crippen LogP contribution in [-0.4, -0.2) is 67.9 Å². The van der Waals surface area contributed by atoms with Gasteiger partial charge in [0, 0.05) is 25.1 Å². The number of ether oxygens (including phenoxy) is 3. The molecule has 1 rings (SSSR count). The van der Waals surface area contributed by atoms with Gasteiger partial charge in [-0.15, -0.1) is 11.3 Å². The normalized spacial score (nSPS) is 10.3. The van der Waals surface area contributed by atoms with Crippen LogP contribution >= 0.6 is 11.3 Å². The van der Waals surface area contributed by atoms with Crippen LogP contribution in [-0.2, 0) is 25.5 Å². The molecule has 1 N–H and O–H groups in total. The van der Waals surface area contributed by atoms with Gasteiger partial charge in [-0.25, -0.2) is 14.6 Å². The molecule has 146 valence electrons. The Bertz CT molecular complexity index is 592. The fourth-order valence-corrected chi connectivity index (χ4v) is 2.75. The Hall–Kier alpha value is -2.20. The molecule has 10 heteroatoms. The van der Waals surface area contributed by atoms with Crippen LogP contribution in [0.3, 0.4) is 0 Å². The summed E-state index contributed by atoms with van der Waals surface area (Å²) < 4.78 is 14.7. The van der Waals surface area contributed by atoms with E-state index in [0.29, 0.717) is 31.2 Å². The maximum absolute atomic E-state index is 12.4. The number of nitrogens with one attached hydrogen (secondary N) is 1. The van der Waals surface area contributed by atoms with Crippen molar-refractivity contribution in [3.8, 4) is 0 Å². The lowest BCUT2D eigenvalue weighted by Gasteiger charge is -2.22. The molecule has 26 heavy (non-hydrogen) atoms. The molecule has 0 saturated heterocycles. The lowest BCUT2D eigenvalue weighted by atomic mass is 10.4. The number of rotatable bonds is 11. The number of nitrogens with zero attached hydrogens (tertiary/aromatic N) is 2. The van der Waals surface area contributed by atoms with Gasteiger partial charge in [0.05, 0.1) is 20.3 Å². The van der Waals surface area contributed by atoms with E-state index in [2.05, 4.69) is 15.0 Å². The maximum atomic E-state index is 12.4. The highest BCUT2D eigenvalue weighted by atomic mass is 32.1. The van der Waals surface area contributed by atoms with Gasteiger partial charge in [0.1, 0.15) is 11.6 Å². The summed E-state index contributed by atoms with van der Waals surface area (Å²) in [6.45, 7) is 5.38. The Balaban J connectivity index is 2.67. The Morgan fingerprint density at radius 1 is 1.27 bits per heavy atom. The average molecular weight is 387 g/mol. The van der Waals surface area contributed by atoms with Crippen molar-refractivity contribution >= 4 is 29.3 Å². The number of esters is 2. The van der Waals surface area contributed by atoms with Gasteiger partial charge in [0.2, 0.25) is 0 Å². The third kappa shape index (κ3) is 7.79. The van der Waals surface area contributed by atoms with Gasteiger partial charge in [-0.3, -0.25) is 4.79 Å². The van der Waals surface area contributed by atoms with Crippen LogP contribution in [0.5, 0.6) is 0 Å². The number of thiazole rings is 1. The highest BCUT2D eigenvalue weighted by molar-refractivity contribution is 7.09. The monoisotopic (exact) mass is 387 g/mol. The molecule has 0 aliphatic rings. The minimum Gasteiger partial charge on any atom is -0.465 e. The second kappa shape index (κ2) is 12.2. The first kappa shape index (κ1) is 21.8. The van der Waals surface area contributed by atoms with E-state index >= 15 is 0 Å². The third-order valence-electron chi connectivity index (χ3n) is 3.17. The number of carbonyl (C=O) groups excluding carboxylic acids is 3. The van der Waals surface area contributed by atoms with Gasteiger partial charge in [-0.1, -0.05) is 0 Å². The minimum atomic E-state index is -0.526. The Morgan fingerprint density at radius 3 is 2.69 bits per heavy atom. The number of hydrogen-bond acceptors (Lipinski definition) is 8. The second-order valence-electron chi connectivity index (χ2n) is 5.05. The van der Waals surface area contributed by atoms with Gasteiger partial charge in [0.25, 0.3) is 0 Å². The number of carbonyl (C=O) groups is 3. The molecule has 0 fully saturated rings. The fourth-order valence-electron chi connectivity index (χ4n) is 1.97. The maximum Gasteiger partial charge on any atom is 0.357 e. The number of hydrogen-bond donors (Lipinski definition) is 1. The van der Waals surface area contributed by atoms with Crippen LogP contribution in [0.2, 0.25) is 0 Å². The SMILES string of the molecule is CCOCCCN(Cc1nc(C(=O)OC)cs1)C(=O)NCC(=O)OCC. The number of methoxy groups -OCH3 is 1. The van der Waals surface area contributed by atoms with Crippen molar-refractivity contribution in [3.63, 3.8) is 0 Å². The first-order valence-corrected chi connectivity index (χ1v) is 9.18. The lowest BCUT2D eigenvalue weighted by molar-refractivity contribution is -0.141. The summed E-state index contributed by atoms with van der Waals surface area (Å²) in [6, 6.07) is -0.413. The molecule has 1 heterocycles. The molecule has 0 aliphatic carbocycles. The molecule has 0 bridgehead atoms. The smallest absolute Gasteiger partial charge is 0.357 e. The molecule has 1 aromatic heterocycles. The second-order valence-corrected chi connectivity index (χ2v) is 6.00. The van der Waals surface area contributed by atoms with Crippen molar-refractivity contribution in [3.05, 3.63) is 16.1 Å². The minimum absolute atomic E-state index is 0.202. The number of amides is 2. The van der Waals surface area contributed by atoms with Crippen molar-refractivity contribution < 1.29 is 28.6 Å². The molecular formula is C16H25N3O6S. The van der Waals surface area contributed by atoms with Crippen LogP contribution in [0, 0.1) is 0 Å². The van der Waals surface area contributed by atoms with Gasteiger partial charge in [-0.2, -0.15) is 0 Å². The van der Waals surface area contributed by atoms with E-state index in [-0.39, 0.29) is 25.4 Å². The lowest BCUT2D eigenvalue weighted by Crippen LogP contribution is -2.42. The molecule has 0 saturated carbocycles. The van der Waals surface area contributed by atoms with Gasteiger partial charge in [0.15, 0.2) is 5.69 Å².